The zero-order valence-corrected chi connectivity index (χ0v) is 9.24. The van der Waals surface area contributed by atoms with E-state index in [1.165, 1.54) is 0 Å². The molecule has 14 heavy (non-hydrogen) atoms. The van der Waals surface area contributed by atoms with E-state index in [4.69, 9.17) is 0 Å². The summed E-state index contributed by atoms with van der Waals surface area (Å²) in [5, 5.41) is 12.3. The Kier molecular flexibility index (Phi) is 12.5. The number of hydrazine groups is 1. The van der Waals surface area contributed by atoms with Crippen LogP contribution in [0.4, 0.5) is 0 Å². The Labute approximate surface area is 86.6 Å². The van der Waals surface area contributed by atoms with Gasteiger partial charge in [-0.2, -0.15) is 0 Å². The first-order valence-corrected chi connectivity index (χ1v) is 5.29. The van der Waals surface area contributed by atoms with Gasteiger partial charge in [0.1, 0.15) is 0 Å². The molecule has 2 heterocycles. The van der Waals surface area contributed by atoms with Crippen molar-refractivity contribution in [3.05, 3.63) is 0 Å². The maximum Gasteiger partial charge on any atom is 0.0590 e. The molecular weight excluding hydrogens is 180 g/mol. The molecule has 0 aromatic heterocycles. The first-order chi connectivity index (χ1) is 7.00. The van der Waals surface area contributed by atoms with E-state index >= 15 is 0 Å². The fourth-order valence-electron chi connectivity index (χ4n) is 0.905. The minimum absolute atomic E-state index is 0.889. The molecule has 6 nitrogen and oxygen atoms in total. The molecule has 0 amide bonds. The average molecular weight is 204 g/mol. The molecular formula is C8H24N6. The van der Waals surface area contributed by atoms with Gasteiger partial charge in [-0.1, -0.05) is 13.8 Å². The van der Waals surface area contributed by atoms with Crippen LogP contribution in [0.15, 0.2) is 0 Å². The zero-order chi connectivity index (χ0) is 10.5. The maximum absolute atomic E-state index is 3.11. The van der Waals surface area contributed by atoms with E-state index in [-0.39, 0.29) is 0 Å². The molecule has 2 aliphatic rings. The van der Waals surface area contributed by atoms with Crippen LogP contribution in [-0.2, 0) is 0 Å². The van der Waals surface area contributed by atoms with Gasteiger partial charge in [0, 0.05) is 33.1 Å². The third-order valence-corrected chi connectivity index (χ3v) is 1.52. The third kappa shape index (κ3) is 9.85. The smallest absolute Gasteiger partial charge is 0.0590 e. The minimum atomic E-state index is 0.889. The molecule has 6 heteroatoms. The molecule has 0 spiro atoms. The summed E-state index contributed by atoms with van der Waals surface area (Å²) in [6, 6.07) is 0. The molecule has 2 saturated heterocycles. The first kappa shape index (κ1) is 13.8. The maximum atomic E-state index is 3.11. The Balaban J connectivity index is 0.000000206. The normalized spacial score (nSPS) is 21.0. The number of hydrogen-bond acceptors (Lipinski definition) is 6. The predicted octanol–water partition coefficient (Wildman–Crippen LogP) is -1.69. The SMILES string of the molecule is C1CNNCN1.C1NCNCN1.CC. The Morgan fingerprint density at radius 2 is 1.14 bits per heavy atom. The minimum Gasteiger partial charge on any atom is -0.302 e. The molecule has 0 aromatic rings. The van der Waals surface area contributed by atoms with Gasteiger partial charge in [-0.3, -0.25) is 21.4 Å². The standard InChI is InChI=1S/2C3H9N3.C2H6/c1-4-2-6-3-5-1;1-2-5-6-3-4-1;1-2/h2*4-6H,1-3H2;1-2H3. The summed E-state index contributed by atoms with van der Waals surface area (Å²) in [6.45, 7) is 9.81. The van der Waals surface area contributed by atoms with Crippen molar-refractivity contribution in [2.75, 3.05) is 39.8 Å². The van der Waals surface area contributed by atoms with Crippen LogP contribution in [0.3, 0.4) is 0 Å². The Hall–Kier alpha value is -0.240. The molecule has 6 N–H and O–H groups in total. The molecule has 2 rings (SSSR count). The van der Waals surface area contributed by atoms with Crippen molar-refractivity contribution in [2.45, 2.75) is 13.8 Å². The van der Waals surface area contributed by atoms with E-state index in [1.54, 1.807) is 0 Å². The molecule has 0 aliphatic carbocycles. The van der Waals surface area contributed by atoms with Gasteiger partial charge in [0.2, 0.25) is 0 Å². The molecule has 86 valence electrons. The van der Waals surface area contributed by atoms with Gasteiger partial charge in [0.05, 0.1) is 6.67 Å². The Bertz CT molecular complexity index is 56.8. The highest BCUT2D eigenvalue weighted by Crippen LogP contribution is 1.58. The molecule has 0 aromatic carbocycles. The quantitative estimate of drug-likeness (QED) is 0.283. The van der Waals surface area contributed by atoms with Crippen molar-refractivity contribution in [1.29, 1.82) is 0 Å². The van der Waals surface area contributed by atoms with Crippen LogP contribution >= 0.6 is 0 Å². The lowest BCUT2D eigenvalue weighted by Crippen LogP contribution is -2.49. The van der Waals surface area contributed by atoms with E-state index in [1.807, 2.05) is 13.8 Å². The van der Waals surface area contributed by atoms with E-state index in [2.05, 4.69) is 32.1 Å². The second-order valence-electron chi connectivity index (χ2n) is 2.56. The summed E-state index contributed by atoms with van der Waals surface area (Å²) in [4.78, 5) is 0. The number of nitrogens with one attached hydrogen (secondary N) is 6. The summed E-state index contributed by atoms with van der Waals surface area (Å²) >= 11 is 0. The lowest BCUT2D eigenvalue weighted by molar-refractivity contribution is 0.425. The van der Waals surface area contributed by atoms with Gasteiger partial charge in [-0.05, 0) is 0 Å². The average Bonchev–Trinajstić information content (AvgIpc) is 2.37. The van der Waals surface area contributed by atoms with Crippen LogP contribution in [0.25, 0.3) is 0 Å². The Morgan fingerprint density at radius 3 is 1.29 bits per heavy atom. The fraction of sp³-hybridized carbons (Fsp3) is 1.00. The second-order valence-corrected chi connectivity index (χ2v) is 2.56. The van der Waals surface area contributed by atoms with Crippen LogP contribution in [0, 0.1) is 0 Å². The van der Waals surface area contributed by atoms with Gasteiger partial charge < -0.3 is 5.32 Å². The largest absolute Gasteiger partial charge is 0.302 e. The summed E-state index contributed by atoms with van der Waals surface area (Å²) in [7, 11) is 0. The molecule has 0 unspecified atom stereocenters. The lowest BCUT2D eigenvalue weighted by Gasteiger charge is -2.13. The van der Waals surface area contributed by atoms with Crippen molar-refractivity contribution in [3.8, 4) is 0 Å². The summed E-state index contributed by atoms with van der Waals surface area (Å²) in [6.07, 6.45) is 0. The van der Waals surface area contributed by atoms with Gasteiger partial charge in [-0.25, -0.2) is 5.43 Å². The van der Waals surface area contributed by atoms with Crippen LogP contribution in [0.5, 0.6) is 0 Å². The van der Waals surface area contributed by atoms with Gasteiger partial charge in [-0.15, -0.1) is 0 Å². The molecule has 2 fully saturated rings. The van der Waals surface area contributed by atoms with E-state index in [0.717, 1.165) is 39.8 Å². The summed E-state index contributed by atoms with van der Waals surface area (Å²) in [5.74, 6) is 0. The van der Waals surface area contributed by atoms with Crippen molar-refractivity contribution in [2.24, 2.45) is 0 Å². The summed E-state index contributed by atoms with van der Waals surface area (Å²) < 4.78 is 0. The van der Waals surface area contributed by atoms with Gasteiger partial charge in [0.25, 0.3) is 0 Å². The highest BCUT2D eigenvalue weighted by atomic mass is 15.4. The second kappa shape index (κ2) is 12.8. The van der Waals surface area contributed by atoms with E-state index in [9.17, 15) is 0 Å². The van der Waals surface area contributed by atoms with Crippen molar-refractivity contribution >= 4 is 0 Å². The highest BCUT2D eigenvalue weighted by Gasteiger charge is 1.90. The Morgan fingerprint density at radius 1 is 0.571 bits per heavy atom. The summed E-state index contributed by atoms with van der Waals surface area (Å²) in [5.41, 5.74) is 5.90. The van der Waals surface area contributed by atoms with Crippen molar-refractivity contribution in [3.63, 3.8) is 0 Å². The monoisotopic (exact) mass is 204 g/mol. The van der Waals surface area contributed by atoms with Gasteiger partial charge >= 0.3 is 0 Å². The molecule has 2 aliphatic heterocycles. The van der Waals surface area contributed by atoms with Crippen LogP contribution in [0.1, 0.15) is 13.8 Å². The molecule has 0 bridgehead atoms. The van der Waals surface area contributed by atoms with Gasteiger partial charge in [0.15, 0.2) is 0 Å². The molecule has 0 saturated carbocycles. The third-order valence-electron chi connectivity index (χ3n) is 1.52. The lowest BCUT2D eigenvalue weighted by atomic mass is 10.6. The van der Waals surface area contributed by atoms with E-state index < -0.39 is 0 Å². The van der Waals surface area contributed by atoms with E-state index in [0.29, 0.717) is 0 Å². The van der Waals surface area contributed by atoms with Crippen molar-refractivity contribution < 1.29 is 0 Å². The number of hydrogen-bond donors (Lipinski definition) is 6. The number of rotatable bonds is 0. The zero-order valence-electron chi connectivity index (χ0n) is 9.24. The van der Waals surface area contributed by atoms with Crippen LogP contribution in [-0.4, -0.2) is 39.8 Å². The van der Waals surface area contributed by atoms with Crippen LogP contribution < -0.4 is 32.1 Å². The topological polar surface area (TPSA) is 72.2 Å². The van der Waals surface area contributed by atoms with Crippen molar-refractivity contribution in [1.82, 2.24) is 32.1 Å². The molecule has 0 radical (unpaired) electrons. The molecule has 0 atom stereocenters. The first-order valence-electron chi connectivity index (χ1n) is 5.29. The predicted molar refractivity (Wildman–Crippen MR) is 59.4 cm³/mol. The fourth-order valence-corrected chi connectivity index (χ4v) is 0.905. The highest BCUT2D eigenvalue weighted by molar-refractivity contribution is 4.51. The van der Waals surface area contributed by atoms with Crippen LogP contribution in [0.2, 0.25) is 0 Å².